The molecule has 1 aliphatic heterocycles. The van der Waals surface area contributed by atoms with Crippen molar-refractivity contribution in [1.29, 1.82) is 0 Å². The largest absolute Gasteiger partial charge is 0.395 e. The molecule has 1 unspecified atom stereocenters. The number of carbonyl (C=O) groups is 1. The van der Waals surface area contributed by atoms with Crippen molar-refractivity contribution in [3.05, 3.63) is 0 Å². The molecule has 0 bridgehead atoms. The minimum Gasteiger partial charge on any atom is -0.395 e. The number of rotatable bonds is 5. The molecule has 0 aromatic rings. The van der Waals surface area contributed by atoms with E-state index in [1.54, 1.807) is 0 Å². The first kappa shape index (κ1) is 10.5. The molecule has 1 heterocycles. The van der Waals surface area contributed by atoms with Crippen molar-refractivity contribution in [3.63, 3.8) is 0 Å². The fourth-order valence-corrected chi connectivity index (χ4v) is 1.48. The van der Waals surface area contributed by atoms with Crippen LogP contribution in [0.1, 0.15) is 26.2 Å². The van der Waals surface area contributed by atoms with Crippen molar-refractivity contribution in [3.8, 4) is 0 Å². The van der Waals surface area contributed by atoms with Gasteiger partial charge in [0.15, 0.2) is 0 Å². The van der Waals surface area contributed by atoms with Gasteiger partial charge in [-0.05, 0) is 6.42 Å². The second-order valence-electron chi connectivity index (χ2n) is 3.51. The van der Waals surface area contributed by atoms with E-state index in [1.165, 1.54) is 12.8 Å². The Bertz CT molecular complexity index is 173. The maximum Gasteiger partial charge on any atom is 0.241 e. The monoisotopic (exact) mass is 186 g/mol. The molecule has 1 amide bonds. The highest BCUT2D eigenvalue weighted by molar-refractivity contribution is 5.80. The van der Waals surface area contributed by atoms with Crippen LogP contribution in [0.25, 0.3) is 0 Å². The fraction of sp³-hybridized carbons (Fsp3) is 0.889. The molecular weight excluding hydrogens is 168 g/mol. The molecule has 0 spiro atoms. The smallest absolute Gasteiger partial charge is 0.241 e. The zero-order chi connectivity index (χ0) is 9.68. The summed E-state index contributed by atoms with van der Waals surface area (Å²) in [6, 6.07) is 0. The van der Waals surface area contributed by atoms with E-state index < -0.39 is 0 Å². The first-order valence-corrected chi connectivity index (χ1v) is 4.94. The lowest BCUT2D eigenvalue weighted by Gasteiger charge is -2.13. The average Bonchev–Trinajstić information content (AvgIpc) is 2.47. The van der Waals surface area contributed by atoms with Crippen molar-refractivity contribution in [2.75, 3.05) is 19.7 Å². The number of hydrazine groups is 1. The number of nitrogens with zero attached hydrogens (tertiary/aromatic N) is 1. The van der Waals surface area contributed by atoms with E-state index in [0.29, 0.717) is 6.54 Å². The number of unbranched alkanes of at least 4 members (excludes halogenated alkanes) is 2. The standard InChI is InChI=1S/C9H18N2O2/c1-2-3-4-5-11-6-8(7-12)9(13)10-11/h8,12H,2-7H2,1H3,(H,10,13). The van der Waals surface area contributed by atoms with Gasteiger partial charge in [0, 0.05) is 13.1 Å². The number of amides is 1. The Kier molecular flexibility index (Phi) is 4.18. The molecule has 1 saturated heterocycles. The maximum absolute atomic E-state index is 11.1. The lowest BCUT2D eigenvalue weighted by molar-refractivity contribution is -0.124. The first-order chi connectivity index (χ1) is 6.27. The van der Waals surface area contributed by atoms with Crippen molar-refractivity contribution >= 4 is 5.91 Å². The van der Waals surface area contributed by atoms with Crippen molar-refractivity contribution < 1.29 is 9.90 Å². The SMILES string of the molecule is CCCCCN1CC(CO)C(=O)N1. The summed E-state index contributed by atoms with van der Waals surface area (Å²) in [6.45, 7) is 3.66. The second kappa shape index (κ2) is 5.19. The zero-order valence-electron chi connectivity index (χ0n) is 8.12. The maximum atomic E-state index is 11.1. The third-order valence-electron chi connectivity index (χ3n) is 2.33. The number of aliphatic hydroxyl groups excluding tert-OH is 1. The van der Waals surface area contributed by atoms with Crippen LogP contribution in [0.15, 0.2) is 0 Å². The first-order valence-electron chi connectivity index (χ1n) is 4.94. The summed E-state index contributed by atoms with van der Waals surface area (Å²) in [4.78, 5) is 11.1. The van der Waals surface area contributed by atoms with Gasteiger partial charge in [0.2, 0.25) is 5.91 Å². The molecule has 1 aliphatic rings. The highest BCUT2D eigenvalue weighted by atomic mass is 16.3. The zero-order valence-corrected chi connectivity index (χ0v) is 8.12. The van der Waals surface area contributed by atoms with Crippen molar-refractivity contribution in [1.82, 2.24) is 10.4 Å². The van der Waals surface area contributed by atoms with Gasteiger partial charge in [-0.1, -0.05) is 19.8 Å². The predicted octanol–water partition coefficient (Wildman–Crippen LogP) is 0.132. The Morgan fingerprint density at radius 3 is 2.92 bits per heavy atom. The Hall–Kier alpha value is -0.610. The van der Waals surface area contributed by atoms with Crippen LogP contribution in [0.3, 0.4) is 0 Å². The second-order valence-corrected chi connectivity index (χ2v) is 3.51. The van der Waals surface area contributed by atoms with Crippen molar-refractivity contribution in [2.45, 2.75) is 26.2 Å². The quantitative estimate of drug-likeness (QED) is 0.600. The van der Waals surface area contributed by atoms with Gasteiger partial charge in [-0.25, -0.2) is 5.01 Å². The summed E-state index contributed by atoms with van der Waals surface area (Å²) in [5, 5.41) is 10.7. The summed E-state index contributed by atoms with van der Waals surface area (Å²) < 4.78 is 0. The molecule has 1 rings (SSSR count). The Morgan fingerprint density at radius 2 is 2.38 bits per heavy atom. The third-order valence-corrected chi connectivity index (χ3v) is 2.33. The number of carbonyl (C=O) groups excluding carboxylic acids is 1. The molecule has 4 heteroatoms. The Balaban J connectivity index is 2.20. The van der Waals surface area contributed by atoms with Gasteiger partial charge in [-0.2, -0.15) is 0 Å². The molecule has 0 aliphatic carbocycles. The topological polar surface area (TPSA) is 52.6 Å². The fourth-order valence-electron chi connectivity index (χ4n) is 1.48. The van der Waals surface area contributed by atoms with Gasteiger partial charge < -0.3 is 5.11 Å². The van der Waals surface area contributed by atoms with Gasteiger partial charge in [0.1, 0.15) is 0 Å². The lowest BCUT2D eigenvalue weighted by atomic mass is 10.2. The average molecular weight is 186 g/mol. The number of nitrogens with one attached hydrogen (secondary N) is 1. The molecule has 4 nitrogen and oxygen atoms in total. The molecule has 76 valence electrons. The Labute approximate surface area is 78.9 Å². The number of hydrogen-bond donors (Lipinski definition) is 2. The molecule has 0 radical (unpaired) electrons. The van der Waals surface area contributed by atoms with Crippen LogP contribution in [0.4, 0.5) is 0 Å². The van der Waals surface area contributed by atoms with Gasteiger partial charge in [0.25, 0.3) is 0 Å². The van der Waals surface area contributed by atoms with E-state index in [0.717, 1.165) is 13.0 Å². The van der Waals surface area contributed by atoms with E-state index in [-0.39, 0.29) is 18.4 Å². The minimum atomic E-state index is -0.221. The number of hydrogen-bond acceptors (Lipinski definition) is 3. The normalized spacial score (nSPS) is 23.5. The molecule has 2 N–H and O–H groups in total. The third kappa shape index (κ3) is 2.97. The van der Waals surface area contributed by atoms with E-state index in [9.17, 15) is 4.79 Å². The van der Waals surface area contributed by atoms with Gasteiger partial charge in [-0.3, -0.25) is 10.2 Å². The molecule has 0 saturated carbocycles. The summed E-state index contributed by atoms with van der Waals surface area (Å²) in [7, 11) is 0. The Morgan fingerprint density at radius 1 is 1.62 bits per heavy atom. The van der Waals surface area contributed by atoms with E-state index >= 15 is 0 Å². The van der Waals surface area contributed by atoms with Gasteiger partial charge in [-0.15, -0.1) is 0 Å². The predicted molar refractivity (Wildman–Crippen MR) is 49.8 cm³/mol. The highest BCUT2D eigenvalue weighted by Crippen LogP contribution is 2.08. The molecular formula is C9H18N2O2. The molecule has 0 aromatic carbocycles. The number of aliphatic hydroxyl groups is 1. The van der Waals surface area contributed by atoms with Crippen LogP contribution in [0.5, 0.6) is 0 Å². The lowest BCUT2D eigenvalue weighted by Crippen LogP contribution is -2.33. The highest BCUT2D eigenvalue weighted by Gasteiger charge is 2.28. The molecule has 1 atom stereocenters. The van der Waals surface area contributed by atoms with Crippen molar-refractivity contribution in [2.24, 2.45) is 5.92 Å². The molecule has 0 aromatic heterocycles. The van der Waals surface area contributed by atoms with Gasteiger partial charge >= 0.3 is 0 Å². The van der Waals surface area contributed by atoms with E-state index in [2.05, 4.69) is 12.3 Å². The van der Waals surface area contributed by atoms with Crippen LogP contribution in [-0.2, 0) is 4.79 Å². The van der Waals surface area contributed by atoms with Crippen LogP contribution in [-0.4, -0.2) is 35.7 Å². The molecule has 13 heavy (non-hydrogen) atoms. The summed E-state index contributed by atoms with van der Waals surface area (Å²) >= 11 is 0. The van der Waals surface area contributed by atoms with Crippen LogP contribution in [0.2, 0.25) is 0 Å². The van der Waals surface area contributed by atoms with E-state index in [1.807, 2.05) is 5.01 Å². The van der Waals surface area contributed by atoms with E-state index in [4.69, 9.17) is 5.11 Å². The molecule has 1 fully saturated rings. The van der Waals surface area contributed by atoms with Crippen LogP contribution < -0.4 is 5.43 Å². The van der Waals surface area contributed by atoms with Gasteiger partial charge in [0.05, 0.1) is 12.5 Å². The summed E-state index contributed by atoms with van der Waals surface area (Å²) in [6.07, 6.45) is 3.48. The minimum absolute atomic E-state index is 0.0426. The summed E-state index contributed by atoms with van der Waals surface area (Å²) in [5.74, 6) is -0.263. The van der Waals surface area contributed by atoms with Crippen LogP contribution in [0, 0.1) is 5.92 Å². The summed E-state index contributed by atoms with van der Waals surface area (Å²) in [5.41, 5.74) is 2.75. The van der Waals surface area contributed by atoms with Crippen LogP contribution >= 0.6 is 0 Å².